The molecule has 0 aliphatic heterocycles. The molecular weight excluding hydrogens is 316 g/mol. The van der Waals surface area contributed by atoms with Crippen molar-refractivity contribution in [3.63, 3.8) is 0 Å². The van der Waals surface area contributed by atoms with Gasteiger partial charge in [-0.1, -0.05) is 11.6 Å². The monoisotopic (exact) mass is 328 g/mol. The van der Waals surface area contributed by atoms with Crippen LogP contribution in [0.15, 0.2) is 23.1 Å². The molecule has 1 saturated carbocycles. The van der Waals surface area contributed by atoms with Gasteiger partial charge in [-0.15, -0.1) is 0 Å². The molecule has 0 bridgehead atoms. The molecule has 0 spiro atoms. The van der Waals surface area contributed by atoms with E-state index in [4.69, 9.17) is 22.0 Å². The Kier molecular flexibility index (Phi) is 4.23. The summed E-state index contributed by atoms with van der Waals surface area (Å²) in [6.45, 7) is 0. The van der Waals surface area contributed by atoms with E-state index in [1.165, 1.54) is 18.2 Å². The summed E-state index contributed by atoms with van der Waals surface area (Å²) in [5, 5.41) is 18.1. The Morgan fingerprint density at radius 2 is 2.14 bits per heavy atom. The number of halogens is 1. The minimum atomic E-state index is -4.01. The van der Waals surface area contributed by atoms with Crippen molar-refractivity contribution in [1.29, 1.82) is 5.26 Å². The highest BCUT2D eigenvalue weighted by atomic mass is 35.5. The zero-order valence-electron chi connectivity index (χ0n) is 11.0. The van der Waals surface area contributed by atoms with Crippen LogP contribution in [0.4, 0.5) is 0 Å². The fourth-order valence-corrected chi connectivity index (χ4v) is 4.24. The van der Waals surface area contributed by atoms with E-state index in [9.17, 15) is 13.2 Å². The largest absolute Gasteiger partial charge is 0.481 e. The number of aliphatic carboxylic acids is 1. The maximum atomic E-state index is 12.4. The van der Waals surface area contributed by atoms with Gasteiger partial charge in [0.2, 0.25) is 10.0 Å². The van der Waals surface area contributed by atoms with Gasteiger partial charge in [0.1, 0.15) is 11.0 Å². The van der Waals surface area contributed by atoms with E-state index in [1.807, 2.05) is 0 Å². The second-order valence-electron chi connectivity index (χ2n) is 5.06. The molecule has 1 aromatic carbocycles. The molecule has 2 rings (SSSR count). The minimum Gasteiger partial charge on any atom is -0.481 e. The Morgan fingerprint density at radius 3 is 2.62 bits per heavy atom. The Hall–Kier alpha value is -1.62. The number of hydrogen-bond acceptors (Lipinski definition) is 4. The van der Waals surface area contributed by atoms with E-state index < -0.39 is 21.5 Å². The normalized spacial score (nSPS) is 16.8. The van der Waals surface area contributed by atoms with Gasteiger partial charge in [-0.05, 0) is 37.5 Å². The number of hydrogen-bond donors (Lipinski definition) is 2. The van der Waals surface area contributed by atoms with Gasteiger partial charge < -0.3 is 5.11 Å². The molecule has 1 aromatic rings. The molecule has 0 unspecified atom stereocenters. The van der Waals surface area contributed by atoms with E-state index in [0.717, 1.165) is 6.42 Å². The second-order valence-corrected chi connectivity index (χ2v) is 7.15. The zero-order valence-corrected chi connectivity index (χ0v) is 12.5. The van der Waals surface area contributed by atoms with Gasteiger partial charge in [0.05, 0.1) is 12.0 Å². The first-order chi connectivity index (χ1) is 9.78. The van der Waals surface area contributed by atoms with Crippen LogP contribution in [0.3, 0.4) is 0 Å². The van der Waals surface area contributed by atoms with Gasteiger partial charge in [0, 0.05) is 10.6 Å². The quantitative estimate of drug-likeness (QED) is 0.858. The number of nitriles is 1. The van der Waals surface area contributed by atoms with Crippen LogP contribution in [-0.2, 0) is 14.8 Å². The third-order valence-corrected chi connectivity index (χ3v) is 5.36. The molecule has 8 heteroatoms. The van der Waals surface area contributed by atoms with Crippen molar-refractivity contribution in [1.82, 2.24) is 4.72 Å². The van der Waals surface area contributed by atoms with Crippen LogP contribution >= 0.6 is 11.6 Å². The second kappa shape index (κ2) is 5.64. The number of carbonyl (C=O) groups is 1. The summed E-state index contributed by atoms with van der Waals surface area (Å²) >= 11 is 5.79. The highest BCUT2D eigenvalue weighted by Gasteiger charge is 2.43. The fraction of sp³-hybridized carbons (Fsp3) is 0.385. The van der Waals surface area contributed by atoms with Crippen molar-refractivity contribution in [2.24, 2.45) is 0 Å². The van der Waals surface area contributed by atoms with E-state index in [1.54, 1.807) is 6.07 Å². The number of sulfonamides is 1. The maximum absolute atomic E-state index is 12.4. The summed E-state index contributed by atoms with van der Waals surface area (Å²) in [6, 6.07) is 5.73. The summed E-state index contributed by atoms with van der Waals surface area (Å²) < 4.78 is 27.3. The van der Waals surface area contributed by atoms with Crippen molar-refractivity contribution in [3.05, 3.63) is 28.8 Å². The van der Waals surface area contributed by atoms with Crippen molar-refractivity contribution >= 4 is 27.6 Å². The molecule has 6 nitrogen and oxygen atoms in total. The fourth-order valence-electron chi connectivity index (χ4n) is 2.36. The van der Waals surface area contributed by atoms with Crippen molar-refractivity contribution in [2.45, 2.75) is 36.1 Å². The van der Waals surface area contributed by atoms with Gasteiger partial charge in [-0.25, -0.2) is 13.1 Å². The van der Waals surface area contributed by atoms with E-state index in [-0.39, 0.29) is 21.9 Å². The lowest BCUT2D eigenvalue weighted by Crippen LogP contribution is -2.54. The van der Waals surface area contributed by atoms with Crippen LogP contribution in [0.2, 0.25) is 5.02 Å². The standard InChI is InChI=1S/C13H13ClN2O4S/c14-10-3-2-9(8-15)11(6-10)21(19,20)16-13(4-1-5-13)7-12(17)18/h2-3,6,16H,1,4-5,7H2,(H,17,18). The molecule has 21 heavy (non-hydrogen) atoms. The third kappa shape index (κ3) is 3.35. The molecule has 0 amide bonds. The Labute approximate surface area is 127 Å². The van der Waals surface area contributed by atoms with Crippen LogP contribution < -0.4 is 4.72 Å². The minimum absolute atomic E-state index is 0.0308. The summed E-state index contributed by atoms with van der Waals surface area (Å²) in [5.74, 6) is -1.07. The molecule has 1 aliphatic rings. The maximum Gasteiger partial charge on any atom is 0.305 e. The Bertz CT molecular complexity index is 720. The van der Waals surface area contributed by atoms with Crippen LogP contribution in [0.5, 0.6) is 0 Å². The summed E-state index contributed by atoms with van der Waals surface area (Å²) in [5.41, 5.74) is -1.00. The van der Waals surface area contributed by atoms with Crippen molar-refractivity contribution in [3.8, 4) is 6.07 Å². The topological polar surface area (TPSA) is 107 Å². The smallest absolute Gasteiger partial charge is 0.305 e. The number of rotatable bonds is 5. The average Bonchev–Trinajstić information content (AvgIpc) is 2.35. The number of carboxylic acid groups (broad SMARTS) is 1. The molecule has 0 heterocycles. The first kappa shape index (κ1) is 15.8. The molecule has 0 aromatic heterocycles. The molecule has 2 N–H and O–H groups in total. The van der Waals surface area contributed by atoms with Crippen LogP contribution in [0.1, 0.15) is 31.2 Å². The van der Waals surface area contributed by atoms with Crippen molar-refractivity contribution in [2.75, 3.05) is 0 Å². The summed E-state index contributed by atoms with van der Waals surface area (Å²) in [7, 11) is -4.01. The van der Waals surface area contributed by atoms with Crippen molar-refractivity contribution < 1.29 is 18.3 Å². The van der Waals surface area contributed by atoms with Gasteiger partial charge in [0.25, 0.3) is 0 Å². The highest BCUT2D eigenvalue weighted by molar-refractivity contribution is 7.89. The Balaban J connectivity index is 2.37. The lowest BCUT2D eigenvalue weighted by Gasteiger charge is -2.41. The summed E-state index contributed by atoms with van der Waals surface area (Å²) in [4.78, 5) is 10.7. The first-order valence-corrected chi connectivity index (χ1v) is 8.10. The molecule has 112 valence electrons. The van der Waals surface area contributed by atoms with Gasteiger partial charge in [-0.2, -0.15) is 5.26 Å². The van der Waals surface area contributed by atoms with Gasteiger partial charge in [-0.3, -0.25) is 4.79 Å². The van der Waals surface area contributed by atoms with Crippen LogP contribution in [0, 0.1) is 11.3 Å². The van der Waals surface area contributed by atoms with E-state index in [2.05, 4.69) is 4.72 Å². The number of carboxylic acids is 1. The molecule has 0 radical (unpaired) electrons. The summed E-state index contributed by atoms with van der Waals surface area (Å²) in [6.07, 6.45) is 1.40. The number of nitrogens with one attached hydrogen (secondary N) is 1. The highest BCUT2D eigenvalue weighted by Crippen LogP contribution is 2.36. The predicted octanol–water partition coefficient (Wildman–Crippen LogP) is 1.89. The predicted molar refractivity (Wildman–Crippen MR) is 75.3 cm³/mol. The zero-order chi connectivity index (χ0) is 15.7. The molecular formula is C13H13ClN2O4S. The lowest BCUT2D eigenvalue weighted by atomic mass is 9.75. The molecule has 0 atom stereocenters. The first-order valence-electron chi connectivity index (χ1n) is 6.23. The van der Waals surface area contributed by atoms with Crippen LogP contribution in [0.25, 0.3) is 0 Å². The van der Waals surface area contributed by atoms with Gasteiger partial charge in [0.15, 0.2) is 0 Å². The average molecular weight is 329 g/mol. The van der Waals surface area contributed by atoms with E-state index in [0.29, 0.717) is 12.8 Å². The molecule has 1 fully saturated rings. The third-order valence-electron chi connectivity index (χ3n) is 3.50. The van der Waals surface area contributed by atoms with E-state index >= 15 is 0 Å². The van der Waals surface area contributed by atoms with Gasteiger partial charge >= 0.3 is 5.97 Å². The Morgan fingerprint density at radius 1 is 1.48 bits per heavy atom. The molecule has 1 aliphatic carbocycles. The number of nitrogens with zero attached hydrogens (tertiary/aromatic N) is 1. The lowest BCUT2D eigenvalue weighted by molar-refractivity contribution is -0.139. The van der Waals surface area contributed by atoms with Crippen LogP contribution in [-0.4, -0.2) is 25.0 Å². The number of benzene rings is 1. The molecule has 0 saturated heterocycles. The SMILES string of the molecule is N#Cc1ccc(Cl)cc1S(=O)(=O)NC1(CC(=O)O)CCC1.